The Morgan fingerprint density at radius 3 is 2.56 bits per heavy atom. The van der Waals surface area contributed by atoms with Crippen molar-refractivity contribution in [2.24, 2.45) is 0 Å². The van der Waals surface area contributed by atoms with E-state index in [2.05, 4.69) is 17.5 Å². The molecule has 3 nitrogen and oxygen atoms in total. The Kier molecular flexibility index (Phi) is 3.95. The molecule has 0 atom stereocenters. The van der Waals surface area contributed by atoms with Gasteiger partial charge in [0.05, 0.1) is 0 Å². The first-order chi connectivity index (χ1) is 8.46. The number of carbonyl (C=O) groups is 1. The molecule has 18 heavy (non-hydrogen) atoms. The summed E-state index contributed by atoms with van der Waals surface area (Å²) in [5, 5.41) is 2.12. The van der Waals surface area contributed by atoms with Crippen LogP contribution in [-0.2, 0) is 4.74 Å². The lowest BCUT2D eigenvalue weighted by Crippen LogP contribution is -2.41. The number of thiophene rings is 1. The summed E-state index contributed by atoms with van der Waals surface area (Å²) in [7, 11) is 0. The van der Waals surface area contributed by atoms with Gasteiger partial charge in [0.1, 0.15) is 5.60 Å². The van der Waals surface area contributed by atoms with E-state index in [1.165, 1.54) is 4.88 Å². The molecule has 0 unspecified atom stereocenters. The number of carbonyl (C=O) groups excluding carboxylic acids is 1. The molecule has 2 heterocycles. The second-order valence-corrected chi connectivity index (χ2v) is 6.74. The van der Waals surface area contributed by atoms with Gasteiger partial charge in [-0.25, -0.2) is 4.79 Å². The summed E-state index contributed by atoms with van der Waals surface area (Å²) in [6, 6.07) is 4.29. The highest BCUT2D eigenvalue weighted by molar-refractivity contribution is 7.10. The van der Waals surface area contributed by atoms with E-state index in [1.54, 1.807) is 0 Å². The first-order valence-electron chi connectivity index (χ1n) is 6.47. The number of piperidine rings is 1. The molecule has 1 saturated heterocycles. The third-order valence-electron chi connectivity index (χ3n) is 3.09. The van der Waals surface area contributed by atoms with Gasteiger partial charge in [0, 0.05) is 18.0 Å². The predicted octanol–water partition coefficient (Wildman–Crippen LogP) is 3.86. The van der Waals surface area contributed by atoms with Crippen molar-refractivity contribution in [2.75, 3.05) is 13.1 Å². The Bertz CT molecular complexity index is 386. The van der Waals surface area contributed by atoms with E-state index < -0.39 is 5.60 Å². The third kappa shape index (κ3) is 3.48. The van der Waals surface area contributed by atoms with Crippen molar-refractivity contribution in [3.63, 3.8) is 0 Å². The largest absolute Gasteiger partial charge is 0.444 e. The van der Waals surface area contributed by atoms with Crippen molar-refractivity contribution < 1.29 is 9.53 Å². The van der Waals surface area contributed by atoms with Gasteiger partial charge in [-0.15, -0.1) is 11.3 Å². The highest BCUT2D eigenvalue weighted by Gasteiger charge is 2.27. The van der Waals surface area contributed by atoms with Gasteiger partial charge in [-0.2, -0.15) is 0 Å². The fraction of sp³-hybridized carbons (Fsp3) is 0.643. The predicted molar refractivity (Wildman–Crippen MR) is 74.1 cm³/mol. The van der Waals surface area contributed by atoms with Gasteiger partial charge < -0.3 is 9.64 Å². The van der Waals surface area contributed by atoms with E-state index in [-0.39, 0.29) is 6.09 Å². The van der Waals surface area contributed by atoms with Crippen LogP contribution in [0.5, 0.6) is 0 Å². The normalized spacial score (nSPS) is 17.8. The average Bonchev–Trinajstić information content (AvgIpc) is 2.80. The number of rotatable bonds is 1. The minimum atomic E-state index is -0.401. The molecule has 0 bridgehead atoms. The highest BCUT2D eigenvalue weighted by atomic mass is 32.1. The molecule has 1 aromatic rings. The minimum Gasteiger partial charge on any atom is -0.444 e. The highest BCUT2D eigenvalue weighted by Crippen LogP contribution is 2.31. The van der Waals surface area contributed by atoms with Crippen LogP contribution < -0.4 is 0 Å². The summed E-state index contributed by atoms with van der Waals surface area (Å²) in [6.07, 6.45) is 1.91. The number of hydrogen-bond acceptors (Lipinski definition) is 3. The summed E-state index contributed by atoms with van der Waals surface area (Å²) in [5.74, 6) is 0.615. The number of ether oxygens (including phenoxy) is 1. The SMILES string of the molecule is CC(C)(C)OC(=O)N1CCC(c2cccs2)CC1. The van der Waals surface area contributed by atoms with E-state index in [9.17, 15) is 4.79 Å². The molecule has 0 aliphatic carbocycles. The molecule has 0 radical (unpaired) electrons. The molecule has 100 valence electrons. The lowest BCUT2D eigenvalue weighted by molar-refractivity contribution is 0.0205. The van der Waals surface area contributed by atoms with E-state index in [0.29, 0.717) is 5.92 Å². The second kappa shape index (κ2) is 5.31. The van der Waals surface area contributed by atoms with Crippen molar-refractivity contribution in [1.82, 2.24) is 4.90 Å². The first kappa shape index (κ1) is 13.4. The average molecular weight is 267 g/mol. The molecule has 4 heteroatoms. The molecule has 2 rings (SSSR count). The van der Waals surface area contributed by atoms with Gasteiger partial charge in [0.25, 0.3) is 0 Å². The van der Waals surface area contributed by atoms with Crippen LogP contribution in [0.25, 0.3) is 0 Å². The zero-order valence-corrected chi connectivity index (χ0v) is 12.1. The van der Waals surface area contributed by atoms with E-state index in [4.69, 9.17) is 4.74 Å². The molecule has 0 aromatic carbocycles. The van der Waals surface area contributed by atoms with Crippen LogP contribution in [0.2, 0.25) is 0 Å². The van der Waals surface area contributed by atoms with Crippen molar-refractivity contribution in [3.05, 3.63) is 22.4 Å². The van der Waals surface area contributed by atoms with Crippen LogP contribution in [0.3, 0.4) is 0 Å². The molecule has 0 N–H and O–H groups in total. The molecule has 0 spiro atoms. The van der Waals surface area contributed by atoms with E-state index >= 15 is 0 Å². The molecule has 1 fully saturated rings. The Hall–Kier alpha value is -1.03. The molecule has 1 aliphatic rings. The Balaban J connectivity index is 1.85. The molecular formula is C14H21NO2S. The van der Waals surface area contributed by atoms with Gasteiger partial charge in [0.15, 0.2) is 0 Å². The fourth-order valence-electron chi connectivity index (χ4n) is 2.20. The van der Waals surface area contributed by atoms with Crippen molar-refractivity contribution in [3.8, 4) is 0 Å². The fourth-order valence-corrected chi connectivity index (χ4v) is 3.10. The standard InChI is InChI=1S/C14H21NO2S/c1-14(2,3)17-13(16)15-8-6-11(7-9-15)12-5-4-10-18-12/h4-5,10-11H,6-9H2,1-3H3. The Morgan fingerprint density at radius 2 is 2.06 bits per heavy atom. The maximum atomic E-state index is 11.9. The zero-order chi connectivity index (χ0) is 13.2. The van der Waals surface area contributed by atoms with E-state index in [0.717, 1.165) is 25.9 Å². The maximum Gasteiger partial charge on any atom is 0.410 e. The minimum absolute atomic E-state index is 0.174. The van der Waals surface area contributed by atoms with Crippen LogP contribution in [0, 0.1) is 0 Å². The number of likely N-dealkylation sites (tertiary alicyclic amines) is 1. The van der Waals surface area contributed by atoms with Crippen LogP contribution >= 0.6 is 11.3 Å². The van der Waals surface area contributed by atoms with Crippen LogP contribution in [-0.4, -0.2) is 29.7 Å². The molecule has 1 aromatic heterocycles. The van der Waals surface area contributed by atoms with Gasteiger partial charge >= 0.3 is 6.09 Å². The van der Waals surface area contributed by atoms with Crippen LogP contribution in [0.4, 0.5) is 4.79 Å². The quantitative estimate of drug-likeness (QED) is 0.773. The Labute approximate surface area is 113 Å². The molecule has 1 aliphatic heterocycles. The smallest absolute Gasteiger partial charge is 0.410 e. The van der Waals surface area contributed by atoms with Gasteiger partial charge in [0.2, 0.25) is 0 Å². The number of amides is 1. The number of hydrogen-bond donors (Lipinski definition) is 0. The summed E-state index contributed by atoms with van der Waals surface area (Å²) in [4.78, 5) is 15.2. The van der Waals surface area contributed by atoms with Crippen molar-refractivity contribution >= 4 is 17.4 Å². The molecular weight excluding hydrogens is 246 g/mol. The first-order valence-corrected chi connectivity index (χ1v) is 7.35. The summed E-state index contributed by atoms with van der Waals surface area (Å²) in [5.41, 5.74) is -0.401. The molecule has 0 saturated carbocycles. The monoisotopic (exact) mass is 267 g/mol. The summed E-state index contributed by atoms with van der Waals surface area (Å²) in [6.45, 7) is 7.32. The maximum absolute atomic E-state index is 11.9. The topological polar surface area (TPSA) is 29.5 Å². The van der Waals surface area contributed by atoms with Gasteiger partial charge in [-0.1, -0.05) is 6.07 Å². The summed E-state index contributed by atoms with van der Waals surface area (Å²) >= 11 is 1.81. The van der Waals surface area contributed by atoms with Gasteiger partial charge in [-0.05, 0) is 51.0 Å². The zero-order valence-electron chi connectivity index (χ0n) is 11.3. The van der Waals surface area contributed by atoms with Crippen molar-refractivity contribution in [2.45, 2.75) is 45.1 Å². The van der Waals surface area contributed by atoms with Crippen molar-refractivity contribution in [1.29, 1.82) is 0 Å². The molecule has 1 amide bonds. The van der Waals surface area contributed by atoms with Gasteiger partial charge in [-0.3, -0.25) is 0 Å². The third-order valence-corrected chi connectivity index (χ3v) is 4.13. The number of nitrogens with zero attached hydrogens (tertiary/aromatic N) is 1. The second-order valence-electron chi connectivity index (χ2n) is 5.76. The van der Waals surface area contributed by atoms with Crippen LogP contribution in [0.1, 0.15) is 44.4 Å². The lowest BCUT2D eigenvalue weighted by Gasteiger charge is -2.33. The van der Waals surface area contributed by atoms with Crippen LogP contribution in [0.15, 0.2) is 17.5 Å². The van der Waals surface area contributed by atoms with E-state index in [1.807, 2.05) is 37.0 Å². The lowest BCUT2D eigenvalue weighted by atomic mass is 9.95. The summed E-state index contributed by atoms with van der Waals surface area (Å²) < 4.78 is 5.39. The Morgan fingerprint density at radius 1 is 1.39 bits per heavy atom.